The third-order valence-corrected chi connectivity index (χ3v) is 7.24. The number of hydrazine groups is 1. The third-order valence-electron chi connectivity index (χ3n) is 5.97. The summed E-state index contributed by atoms with van der Waals surface area (Å²) in [5, 5.41) is 14.2. The Balaban J connectivity index is 1.99. The van der Waals surface area contributed by atoms with E-state index in [1.165, 1.54) is 31.4 Å². The van der Waals surface area contributed by atoms with Crippen molar-refractivity contribution in [3.63, 3.8) is 0 Å². The van der Waals surface area contributed by atoms with Gasteiger partial charge in [-0.05, 0) is 76.3 Å². The number of methoxy groups -OCH3 is 1. The van der Waals surface area contributed by atoms with Gasteiger partial charge in [-0.15, -0.1) is 4.83 Å². The van der Waals surface area contributed by atoms with Crippen LogP contribution in [0.25, 0.3) is 0 Å². The lowest BCUT2D eigenvalue weighted by Crippen LogP contribution is -2.70. The predicted molar refractivity (Wildman–Crippen MR) is 141 cm³/mol. The quantitative estimate of drug-likeness (QED) is 0.209. The van der Waals surface area contributed by atoms with Crippen LogP contribution < -0.4 is 20.3 Å². The van der Waals surface area contributed by atoms with Gasteiger partial charge in [0.25, 0.3) is 10.0 Å². The van der Waals surface area contributed by atoms with Crippen LogP contribution in [-0.4, -0.2) is 44.1 Å². The molecule has 3 rings (SSSR count). The number of carbonyl (C=O) groups excluding carboxylic acids is 1. The molecule has 0 radical (unpaired) electrons. The summed E-state index contributed by atoms with van der Waals surface area (Å²) in [6.07, 6.45) is 3.37. The van der Waals surface area contributed by atoms with Gasteiger partial charge in [-0.25, -0.2) is 18.6 Å². The summed E-state index contributed by atoms with van der Waals surface area (Å²) < 4.78 is 36.9. The zero-order valence-electron chi connectivity index (χ0n) is 21.8. The molecule has 4 N–H and O–H groups in total. The largest absolute Gasteiger partial charge is 0.497 e. The maximum atomic E-state index is 13.2. The van der Waals surface area contributed by atoms with Crippen molar-refractivity contribution in [2.75, 3.05) is 7.11 Å². The number of aliphatic hydroxyl groups excluding tert-OH is 1. The van der Waals surface area contributed by atoms with Gasteiger partial charge >= 0.3 is 6.09 Å². The van der Waals surface area contributed by atoms with Crippen molar-refractivity contribution in [1.82, 2.24) is 15.6 Å². The van der Waals surface area contributed by atoms with E-state index in [4.69, 9.17) is 9.47 Å². The van der Waals surface area contributed by atoms with Gasteiger partial charge in [0.2, 0.25) is 0 Å². The SMILES string of the molecule is COc1ccc(S(=O)(=O)NNC(Cc2ccccc2)(NC(=O)OC(C)(C)C)C(O)C=C2CCCC2)cc1. The summed E-state index contributed by atoms with van der Waals surface area (Å²) in [6.45, 7) is 5.17. The normalized spacial score (nSPS) is 16.5. The lowest BCUT2D eigenvalue weighted by Gasteiger charge is -2.39. The smallest absolute Gasteiger partial charge is 0.409 e. The van der Waals surface area contributed by atoms with E-state index >= 15 is 0 Å². The fraction of sp³-hybridized carbons (Fsp3) is 0.444. The number of sulfonamides is 1. The molecule has 2 atom stereocenters. The van der Waals surface area contributed by atoms with Crippen molar-refractivity contribution >= 4 is 16.1 Å². The van der Waals surface area contributed by atoms with E-state index < -0.39 is 33.5 Å². The maximum absolute atomic E-state index is 13.2. The second-order valence-electron chi connectivity index (χ2n) is 10.1. The van der Waals surface area contributed by atoms with Crippen molar-refractivity contribution in [1.29, 1.82) is 0 Å². The van der Waals surface area contributed by atoms with Gasteiger partial charge in [0.05, 0.1) is 12.0 Å². The van der Waals surface area contributed by atoms with Crippen LogP contribution in [0.2, 0.25) is 0 Å². The Labute approximate surface area is 219 Å². The van der Waals surface area contributed by atoms with Crippen LogP contribution in [0.3, 0.4) is 0 Å². The van der Waals surface area contributed by atoms with Crippen LogP contribution in [0.4, 0.5) is 4.79 Å². The molecule has 0 bridgehead atoms. The minimum absolute atomic E-state index is 0.0182. The molecule has 2 aromatic rings. The average Bonchev–Trinajstić information content (AvgIpc) is 3.35. The first kappa shape index (κ1) is 28.6. The highest BCUT2D eigenvalue weighted by atomic mass is 32.2. The van der Waals surface area contributed by atoms with Gasteiger partial charge in [0.1, 0.15) is 23.1 Å². The Morgan fingerprint density at radius 2 is 1.68 bits per heavy atom. The van der Waals surface area contributed by atoms with Crippen LogP contribution in [0.15, 0.2) is 71.1 Å². The molecular formula is C27H37N3O6S. The minimum Gasteiger partial charge on any atom is -0.497 e. The number of rotatable bonds is 10. The highest BCUT2D eigenvalue weighted by Gasteiger charge is 2.41. The lowest BCUT2D eigenvalue weighted by atomic mass is 9.92. The average molecular weight is 532 g/mol. The van der Waals surface area contributed by atoms with Gasteiger partial charge in [-0.1, -0.05) is 42.0 Å². The summed E-state index contributed by atoms with van der Waals surface area (Å²) in [6, 6.07) is 15.0. The van der Waals surface area contributed by atoms with E-state index in [0.29, 0.717) is 5.75 Å². The molecule has 0 saturated heterocycles. The molecule has 2 unspecified atom stereocenters. The number of nitrogens with one attached hydrogen (secondary N) is 3. The highest BCUT2D eigenvalue weighted by molar-refractivity contribution is 7.89. The maximum Gasteiger partial charge on any atom is 0.409 e. The number of benzene rings is 2. The molecule has 0 heterocycles. The molecule has 9 nitrogen and oxygen atoms in total. The summed E-state index contributed by atoms with van der Waals surface area (Å²) in [4.78, 5) is 15.3. The molecule has 37 heavy (non-hydrogen) atoms. The van der Waals surface area contributed by atoms with Crippen LogP contribution >= 0.6 is 0 Å². The van der Waals surface area contributed by atoms with E-state index in [2.05, 4.69) is 15.6 Å². The molecule has 2 aromatic carbocycles. The van der Waals surface area contributed by atoms with Gasteiger partial charge in [-0.3, -0.25) is 5.32 Å². The van der Waals surface area contributed by atoms with Gasteiger partial charge < -0.3 is 14.6 Å². The van der Waals surface area contributed by atoms with Gasteiger partial charge in [0, 0.05) is 6.42 Å². The lowest BCUT2D eigenvalue weighted by molar-refractivity contribution is 0.0204. The molecule has 1 aliphatic carbocycles. The van der Waals surface area contributed by atoms with Crippen molar-refractivity contribution < 1.29 is 27.8 Å². The predicted octanol–water partition coefficient (Wildman–Crippen LogP) is 3.80. The monoisotopic (exact) mass is 531 g/mol. The Hall–Kier alpha value is -2.92. The molecule has 0 spiro atoms. The summed E-state index contributed by atoms with van der Waals surface area (Å²) in [5.41, 5.74) is 2.10. The summed E-state index contributed by atoms with van der Waals surface area (Å²) >= 11 is 0. The molecule has 1 saturated carbocycles. The number of amides is 1. The van der Waals surface area contributed by atoms with Crippen LogP contribution in [-0.2, 0) is 21.2 Å². The molecule has 202 valence electrons. The number of hydrogen-bond acceptors (Lipinski definition) is 7. The van der Waals surface area contributed by atoms with E-state index in [0.717, 1.165) is 36.8 Å². The zero-order valence-corrected chi connectivity index (χ0v) is 22.6. The Morgan fingerprint density at radius 1 is 1.05 bits per heavy atom. The fourth-order valence-electron chi connectivity index (χ4n) is 4.11. The first-order valence-electron chi connectivity index (χ1n) is 12.3. The van der Waals surface area contributed by atoms with Gasteiger partial charge in [-0.2, -0.15) is 0 Å². The van der Waals surface area contributed by atoms with Crippen molar-refractivity contribution in [3.05, 3.63) is 71.8 Å². The highest BCUT2D eigenvalue weighted by Crippen LogP contribution is 2.27. The van der Waals surface area contributed by atoms with E-state index in [9.17, 15) is 18.3 Å². The number of aliphatic hydroxyl groups is 1. The van der Waals surface area contributed by atoms with Crippen LogP contribution in [0.5, 0.6) is 5.75 Å². The second kappa shape index (κ2) is 12.1. The van der Waals surface area contributed by atoms with Gasteiger partial charge in [0.15, 0.2) is 0 Å². The summed E-state index contributed by atoms with van der Waals surface area (Å²) in [7, 11) is -2.59. The Bertz CT molecular complexity index is 1170. The van der Waals surface area contributed by atoms with Crippen molar-refractivity contribution in [2.45, 2.75) is 75.1 Å². The number of allylic oxidation sites excluding steroid dienone is 1. The third kappa shape index (κ3) is 8.29. The molecular weight excluding hydrogens is 494 g/mol. The topological polar surface area (TPSA) is 126 Å². The number of hydrogen-bond donors (Lipinski definition) is 4. The number of carbonyl (C=O) groups is 1. The van der Waals surface area contributed by atoms with E-state index in [-0.39, 0.29) is 11.3 Å². The Morgan fingerprint density at radius 3 is 2.24 bits per heavy atom. The van der Waals surface area contributed by atoms with E-state index in [1.54, 1.807) is 26.8 Å². The van der Waals surface area contributed by atoms with Crippen LogP contribution in [0.1, 0.15) is 52.0 Å². The van der Waals surface area contributed by atoms with Crippen LogP contribution in [0, 0.1) is 0 Å². The molecule has 1 amide bonds. The second-order valence-corrected chi connectivity index (χ2v) is 11.8. The molecule has 10 heteroatoms. The standard InChI is InChI=1S/C27H37N3O6S/c1-26(2,3)36-25(32)28-27(19-21-12-6-5-7-13-21,24(31)18-20-10-8-9-11-20)29-30-37(33,34)23-16-14-22(35-4)15-17-23/h5-7,12-18,24,29-31H,8-11,19H2,1-4H3,(H,28,32). The van der Waals surface area contributed by atoms with Crippen molar-refractivity contribution in [3.8, 4) is 5.75 Å². The first-order chi connectivity index (χ1) is 17.4. The molecule has 0 aliphatic heterocycles. The zero-order chi connectivity index (χ0) is 27.1. The molecule has 1 fully saturated rings. The fourth-order valence-corrected chi connectivity index (χ4v) is 5.04. The Kier molecular flexibility index (Phi) is 9.36. The van der Waals surface area contributed by atoms with E-state index in [1.807, 2.05) is 30.3 Å². The molecule has 0 aromatic heterocycles. The summed E-state index contributed by atoms with van der Waals surface area (Å²) in [5.74, 6) is 0.510. The van der Waals surface area contributed by atoms with Crippen molar-refractivity contribution in [2.24, 2.45) is 0 Å². The number of alkyl carbamates (subject to hydrolysis) is 1. The number of ether oxygens (including phenoxy) is 2. The minimum atomic E-state index is -4.08. The first-order valence-corrected chi connectivity index (χ1v) is 13.8. The molecule has 1 aliphatic rings.